The van der Waals surface area contributed by atoms with Crippen molar-refractivity contribution < 1.29 is 48.0 Å². The lowest BCUT2D eigenvalue weighted by molar-refractivity contribution is -0.236. The van der Waals surface area contributed by atoms with Crippen LogP contribution in [0.5, 0.6) is 0 Å². The number of halogens is 1. The number of carbonyl (C=O) groups excluding carboxylic acids is 4. The Morgan fingerprint density at radius 1 is 1.05 bits per heavy atom. The number of aliphatic hydroxyl groups is 1. The third kappa shape index (κ3) is 4.25. The highest BCUT2D eigenvalue weighted by Gasteiger charge is 2.78. The summed E-state index contributed by atoms with van der Waals surface area (Å²) in [6, 6.07) is 0. The quantitative estimate of drug-likeness (QED) is 0.186. The summed E-state index contributed by atoms with van der Waals surface area (Å²) in [6.45, 7) is 12.9. The van der Waals surface area contributed by atoms with E-state index in [1.165, 1.54) is 27.7 Å². The predicted octanol–water partition coefficient (Wildman–Crippen LogP) is 2.22. The van der Waals surface area contributed by atoms with E-state index < -0.39 is 88.2 Å². The van der Waals surface area contributed by atoms with Crippen LogP contribution in [-0.4, -0.2) is 76.1 Å². The predicted molar refractivity (Wildman–Crippen MR) is 128 cm³/mol. The molecule has 0 aromatic rings. The van der Waals surface area contributed by atoms with Gasteiger partial charge in [-0.15, -0.1) is 11.6 Å². The van der Waals surface area contributed by atoms with Gasteiger partial charge in [-0.1, -0.05) is 19.1 Å². The van der Waals surface area contributed by atoms with Crippen LogP contribution in [0.25, 0.3) is 0 Å². The van der Waals surface area contributed by atoms with Crippen LogP contribution >= 0.6 is 11.6 Å². The fourth-order valence-electron chi connectivity index (χ4n) is 6.94. The maximum atomic E-state index is 12.9. The maximum absolute atomic E-state index is 12.9. The molecule has 11 heteroatoms. The minimum atomic E-state index is -2.10. The number of hydrogen-bond donors (Lipinski definition) is 1. The summed E-state index contributed by atoms with van der Waals surface area (Å²) in [5.41, 5.74) is -3.84. The van der Waals surface area contributed by atoms with Crippen molar-refractivity contribution in [3.05, 3.63) is 12.2 Å². The van der Waals surface area contributed by atoms with Gasteiger partial charge >= 0.3 is 23.9 Å². The third-order valence-electron chi connectivity index (χ3n) is 8.88. The molecule has 2 aliphatic carbocycles. The van der Waals surface area contributed by atoms with Gasteiger partial charge < -0.3 is 28.8 Å². The molecule has 4 aliphatic rings. The second-order valence-electron chi connectivity index (χ2n) is 11.2. The SMILES string of the molecule is C=C1CC[C@H](OC(C)=O)[C@@]2(C)[C@@H](OC(C)=O)C[C@H]3O[C@@]3(C)[C@@H]2[C@H](OC(C)=O)[C@@]2(O)[C@H](OC(=O)[C@@H]2C)C1Cl. The van der Waals surface area contributed by atoms with E-state index in [1.807, 2.05) is 6.92 Å². The Morgan fingerprint density at radius 2 is 1.62 bits per heavy atom. The van der Waals surface area contributed by atoms with Gasteiger partial charge in [0.2, 0.25) is 0 Å². The van der Waals surface area contributed by atoms with Gasteiger partial charge in [0.05, 0.1) is 28.4 Å². The van der Waals surface area contributed by atoms with Crippen molar-refractivity contribution in [2.45, 2.75) is 108 Å². The van der Waals surface area contributed by atoms with Gasteiger partial charge in [0.25, 0.3) is 0 Å². The molecule has 1 unspecified atom stereocenters. The molecular formula is C26H35ClO10. The van der Waals surface area contributed by atoms with Crippen LogP contribution in [0.15, 0.2) is 12.2 Å². The van der Waals surface area contributed by atoms with Crippen LogP contribution in [-0.2, 0) is 42.9 Å². The number of epoxide rings is 1. The van der Waals surface area contributed by atoms with Crippen molar-refractivity contribution >= 4 is 35.5 Å². The number of rotatable bonds is 3. The molecule has 4 rings (SSSR count). The van der Waals surface area contributed by atoms with E-state index in [-0.39, 0.29) is 12.8 Å². The summed E-state index contributed by atoms with van der Waals surface area (Å²) in [4.78, 5) is 50.0. The van der Waals surface area contributed by atoms with Crippen molar-refractivity contribution in [2.75, 3.05) is 0 Å². The van der Waals surface area contributed by atoms with E-state index >= 15 is 0 Å². The molecule has 4 fully saturated rings. The highest BCUT2D eigenvalue weighted by molar-refractivity contribution is 6.23. The highest BCUT2D eigenvalue weighted by Crippen LogP contribution is 2.65. The summed E-state index contributed by atoms with van der Waals surface area (Å²) < 4.78 is 29.3. The van der Waals surface area contributed by atoms with Crippen LogP contribution in [0.3, 0.4) is 0 Å². The van der Waals surface area contributed by atoms with Crippen LogP contribution < -0.4 is 0 Å². The number of alkyl halides is 1. The molecule has 10 nitrogen and oxygen atoms in total. The lowest BCUT2D eigenvalue weighted by atomic mass is 9.53. The van der Waals surface area contributed by atoms with Crippen LogP contribution in [0.1, 0.15) is 60.8 Å². The number of carbonyl (C=O) groups is 4. The van der Waals surface area contributed by atoms with E-state index in [4.69, 9.17) is 35.3 Å². The molecule has 0 radical (unpaired) electrons. The van der Waals surface area contributed by atoms with E-state index in [2.05, 4.69) is 6.58 Å². The van der Waals surface area contributed by atoms with Gasteiger partial charge in [0, 0.05) is 33.1 Å². The number of fused-ring (bicyclic) bond motifs is 4. The van der Waals surface area contributed by atoms with Crippen molar-refractivity contribution in [3.63, 3.8) is 0 Å². The van der Waals surface area contributed by atoms with Gasteiger partial charge in [-0.2, -0.15) is 0 Å². The fourth-order valence-corrected chi connectivity index (χ4v) is 7.30. The van der Waals surface area contributed by atoms with Crippen LogP contribution in [0, 0.1) is 17.3 Å². The summed E-state index contributed by atoms with van der Waals surface area (Å²) >= 11 is 6.75. The van der Waals surface area contributed by atoms with Crippen molar-refractivity contribution in [3.8, 4) is 0 Å². The fraction of sp³-hybridized carbons (Fsp3) is 0.769. The summed E-state index contributed by atoms with van der Waals surface area (Å²) in [6.07, 6.45) is -3.96. The van der Waals surface area contributed by atoms with Gasteiger partial charge in [-0.25, -0.2) is 0 Å². The summed E-state index contributed by atoms with van der Waals surface area (Å²) in [7, 11) is 0. The van der Waals surface area contributed by atoms with Gasteiger partial charge in [0.1, 0.15) is 18.3 Å². The Hall–Kier alpha value is -2.17. The molecule has 2 saturated carbocycles. The average Bonchev–Trinajstić information content (AvgIpc) is 3.39. The Morgan fingerprint density at radius 3 is 2.19 bits per heavy atom. The lowest BCUT2D eigenvalue weighted by Crippen LogP contribution is -2.70. The van der Waals surface area contributed by atoms with Crippen LogP contribution in [0.4, 0.5) is 0 Å². The molecule has 0 aromatic heterocycles. The molecular weight excluding hydrogens is 508 g/mol. The molecule has 2 saturated heterocycles. The third-order valence-corrected chi connectivity index (χ3v) is 9.42. The van der Waals surface area contributed by atoms with Crippen molar-refractivity contribution in [1.29, 1.82) is 0 Å². The Kier molecular flexibility index (Phi) is 6.95. The first-order valence-electron chi connectivity index (χ1n) is 12.5. The largest absolute Gasteiger partial charge is 0.462 e. The zero-order valence-corrected chi connectivity index (χ0v) is 22.7. The maximum Gasteiger partial charge on any atom is 0.312 e. The molecule has 1 N–H and O–H groups in total. The first kappa shape index (κ1) is 27.9. The van der Waals surface area contributed by atoms with E-state index in [0.717, 1.165) is 0 Å². The van der Waals surface area contributed by atoms with Gasteiger partial charge in [0.15, 0.2) is 11.7 Å². The lowest BCUT2D eigenvalue weighted by Gasteiger charge is -2.56. The normalized spacial score (nSPS) is 46.9. The topological polar surface area (TPSA) is 138 Å². The second kappa shape index (κ2) is 9.24. The van der Waals surface area contributed by atoms with E-state index in [9.17, 15) is 24.3 Å². The molecule has 37 heavy (non-hydrogen) atoms. The van der Waals surface area contributed by atoms with Gasteiger partial charge in [-0.3, -0.25) is 19.2 Å². The first-order chi connectivity index (χ1) is 17.1. The van der Waals surface area contributed by atoms with E-state index in [0.29, 0.717) is 12.0 Å². The summed E-state index contributed by atoms with van der Waals surface area (Å²) in [5, 5.41) is 11.4. The number of esters is 4. The minimum Gasteiger partial charge on any atom is -0.462 e. The first-order valence-corrected chi connectivity index (χ1v) is 13.0. The smallest absolute Gasteiger partial charge is 0.312 e. The van der Waals surface area contributed by atoms with E-state index in [1.54, 1.807) is 6.92 Å². The zero-order valence-electron chi connectivity index (χ0n) is 21.9. The zero-order chi connectivity index (χ0) is 27.7. The molecule has 0 amide bonds. The standard InChI is InChI=1S/C26H35ClO10/c1-11-8-9-16(33-13(3)28)24(6)17(34-14(4)29)10-18-25(7,37-18)20(24)22(35-15(5)30)26(32)12(2)23(31)36-21(26)19(11)27/h12,16-22,32H,1,8-10H2,2-7H3/t12-,16-,17-,18+,19?,20+,21+,22-,24-,25+,26-/m0/s1. The molecule has 11 atom stereocenters. The second-order valence-corrected chi connectivity index (χ2v) is 11.6. The molecule has 2 heterocycles. The molecule has 206 valence electrons. The van der Waals surface area contributed by atoms with Gasteiger partial charge in [-0.05, 0) is 26.7 Å². The average molecular weight is 543 g/mol. The Balaban J connectivity index is 2.01. The number of hydrogen-bond acceptors (Lipinski definition) is 10. The highest BCUT2D eigenvalue weighted by atomic mass is 35.5. The number of ether oxygens (including phenoxy) is 5. The van der Waals surface area contributed by atoms with Crippen LogP contribution in [0.2, 0.25) is 0 Å². The minimum absolute atomic E-state index is 0.245. The van der Waals surface area contributed by atoms with Crippen molar-refractivity contribution in [2.24, 2.45) is 17.3 Å². The van der Waals surface area contributed by atoms with Crippen molar-refractivity contribution in [1.82, 2.24) is 0 Å². The Labute approximate surface area is 220 Å². The monoisotopic (exact) mass is 542 g/mol. The molecule has 0 aromatic carbocycles. The molecule has 0 spiro atoms. The Bertz CT molecular complexity index is 1030. The summed E-state index contributed by atoms with van der Waals surface area (Å²) in [5.74, 6) is -4.56. The molecule has 2 aliphatic heterocycles. The molecule has 0 bridgehead atoms.